The summed E-state index contributed by atoms with van der Waals surface area (Å²) in [5.74, 6) is 0.100. The number of aryl methyl sites for hydroxylation is 2. The highest BCUT2D eigenvalue weighted by Gasteiger charge is 2.13. The normalized spacial score (nSPS) is 10.4. The third kappa shape index (κ3) is 2.25. The van der Waals surface area contributed by atoms with Gasteiger partial charge in [-0.2, -0.15) is 0 Å². The number of carbonyl (C=O) groups is 1. The van der Waals surface area contributed by atoms with Gasteiger partial charge in [-0.25, -0.2) is 0 Å². The molecular weight excluding hydrogens is 284 g/mol. The molecule has 1 aromatic heterocycles. The zero-order valence-electron chi connectivity index (χ0n) is 9.08. The van der Waals surface area contributed by atoms with Crippen LogP contribution in [-0.2, 0) is 0 Å². The van der Waals surface area contributed by atoms with Crippen molar-refractivity contribution in [3.05, 3.63) is 55.7 Å². The number of ketones is 1. The van der Waals surface area contributed by atoms with Crippen LogP contribution in [0, 0.1) is 13.8 Å². The molecule has 1 aromatic carbocycles. The summed E-state index contributed by atoms with van der Waals surface area (Å²) in [7, 11) is 0. The second-order valence-corrected chi connectivity index (χ2v) is 6.08. The van der Waals surface area contributed by atoms with Crippen LogP contribution in [-0.4, -0.2) is 5.78 Å². The first-order chi connectivity index (χ1) is 7.58. The molecule has 1 heterocycles. The first-order valence-electron chi connectivity index (χ1n) is 4.94. The average molecular weight is 295 g/mol. The van der Waals surface area contributed by atoms with Gasteiger partial charge < -0.3 is 0 Å². The molecule has 0 aliphatic carbocycles. The lowest BCUT2D eigenvalue weighted by Gasteiger charge is -2.04. The summed E-state index contributed by atoms with van der Waals surface area (Å²) < 4.78 is 0.987. The molecule has 0 N–H and O–H groups in total. The molecule has 3 heteroatoms. The largest absolute Gasteiger partial charge is 0.289 e. The van der Waals surface area contributed by atoms with Crippen molar-refractivity contribution in [2.24, 2.45) is 0 Å². The lowest BCUT2D eigenvalue weighted by atomic mass is 9.99. The molecule has 1 nitrogen and oxygen atoms in total. The highest BCUT2D eigenvalue weighted by Crippen LogP contribution is 2.24. The molecular formula is C13H11BrOS. The maximum atomic E-state index is 12.2. The van der Waals surface area contributed by atoms with Crippen LogP contribution in [0.15, 0.2) is 33.4 Å². The molecule has 0 atom stereocenters. The number of halogens is 1. The van der Waals surface area contributed by atoms with Crippen LogP contribution in [0.1, 0.15) is 27.0 Å². The Bertz CT molecular complexity index is 543. The fourth-order valence-corrected chi connectivity index (χ4v) is 2.70. The van der Waals surface area contributed by atoms with E-state index in [1.807, 2.05) is 43.5 Å². The van der Waals surface area contributed by atoms with E-state index in [0.717, 1.165) is 26.0 Å². The molecule has 16 heavy (non-hydrogen) atoms. The maximum absolute atomic E-state index is 12.2. The third-order valence-electron chi connectivity index (χ3n) is 2.47. The molecule has 0 saturated heterocycles. The van der Waals surface area contributed by atoms with E-state index in [2.05, 4.69) is 15.9 Å². The zero-order valence-corrected chi connectivity index (χ0v) is 11.5. The Morgan fingerprint density at radius 1 is 1.25 bits per heavy atom. The standard InChI is InChI=1S/C13H11BrOS/c1-8-3-4-9(2)11(5-8)13(15)10-6-12(14)16-7-10/h3-7H,1-2H3. The molecule has 82 valence electrons. The van der Waals surface area contributed by atoms with E-state index in [4.69, 9.17) is 0 Å². The van der Waals surface area contributed by atoms with Crippen LogP contribution >= 0.6 is 27.3 Å². The molecule has 0 amide bonds. The molecule has 0 saturated carbocycles. The van der Waals surface area contributed by atoms with Gasteiger partial charge >= 0.3 is 0 Å². The van der Waals surface area contributed by atoms with E-state index in [1.165, 1.54) is 11.3 Å². The predicted octanol–water partition coefficient (Wildman–Crippen LogP) is 4.36. The van der Waals surface area contributed by atoms with E-state index >= 15 is 0 Å². The van der Waals surface area contributed by atoms with Crippen LogP contribution in [0.5, 0.6) is 0 Å². The Morgan fingerprint density at radius 3 is 2.62 bits per heavy atom. The summed E-state index contributed by atoms with van der Waals surface area (Å²) >= 11 is 4.91. The second-order valence-electron chi connectivity index (χ2n) is 3.79. The Kier molecular flexibility index (Phi) is 3.26. The van der Waals surface area contributed by atoms with Gasteiger partial charge in [0, 0.05) is 16.5 Å². The van der Waals surface area contributed by atoms with Crippen molar-refractivity contribution in [1.82, 2.24) is 0 Å². The molecule has 0 spiro atoms. The second kappa shape index (κ2) is 4.52. The van der Waals surface area contributed by atoms with Crippen LogP contribution in [0.25, 0.3) is 0 Å². The van der Waals surface area contributed by atoms with Gasteiger partial charge in [-0.15, -0.1) is 11.3 Å². The van der Waals surface area contributed by atoms with E-state index in [9.17, 15) is 4.79 Å². The zero-order chi connectivity index (χ0) is 11.7. The fraction of sp³-hybridized carbons (Fsp3) is 0.154. The molecule has 0 fully saturated rings. The Balaban J connectivity index is 2.45. The summed E-state index contributed by atoms with van der Waals surface area (Å²) in [4.78, 5) is 12.2. The van der Waals surface area contributed by atoms with Gasteiger partial charge in [0.25, 0.3) is 0 Å². The van der Waals surface area contributed by atoms with Gasteiger partial charge in [0.1, 0.15) is 0 Å². The fourth-order valence-electron chi connectivity index (χ4n) is 1.57. The monoisotopic (exact) mass is 294 g/mol. The van der Waals surface area contributed by atoms with Crippen molar-refractivity contribution in [1.29, 1.82) is 0 Å². The van der Waals surface area contributed by atoms with Crippen molar-refractivity contribution < 1.29 is 4.79 Å². The van der Waals surface area contributed by atoms with Crippen molar-refractivity contribution in [3.63, 3.8) is 0 Å². The van der Waals surface area contributed by atoms with Gasteiger partial charge in [0.05, 0.1) is 3.79 Å². The first kappa shape index (κ1) is 11.6. The Hall–Kier alpha value is -0.930. The Labute approximate surface area is 107 Å². The predicted molar refractivity (Wildman–Crippen MR) is 71.4 cm³/mol. The minimum absolute atomic E-state index is 0.100. The number of hydrogen-bond acceptors (Lipinski definition) is 2. The average Bonchev–Trinajstić information content (AvgIpc) is 2.67. The topological polar surface area (TPSA) is 17.1 Å². The SMILES string of the molecule is Cc1ccc(C)c(C(=O)c2csc(Br)c2)c1. The van der Waals surface area contributed by atoms with E-state index in [1.54, 1.807) is 0 Å². The van der Waals surface area contributed by atoms with Crippen molar-refractivity contribution in [3.8, 4) is 0 Å². The lowest BCUT2D eigenvalue weighted by Crippen LogP contribution is -2.02. The number of thiophene rings is 1. The summed E-state index contributed by atoms with van der Waals surface area (Å²) in [6.45, 7) is 3.97. The molecule has 0 aliphatic heterocycles. The van der Waals surface area contributed by atoms with Gasteiger partial charge in [0.15, 0.2) is 5.78 Å². The van der Waals surface area contributed by atoms with Gasteiger partial charge in [-0.05, 0) is 47.5 Å². The number of benzene rings is 1. The third-order valence-corrected chi connectivity index (χ3v) is 3.97. The molecule has 0 radical (unpaired) electrons. The molecule has 0 bridgehead atoms. The molecule has 2 rings (SSSR count). The molecule has 0 unspecified atom stereocenters. The number of carbonyl (C=O) groups excluding carboxylic acids is 1. The highest BCUT2D eigenvalue weighted by molar-refractivity contribution is 9.11. The summed E-state index contributed by atoms with van der Waals surface area (Å²) in [6.07, 6.45) is 0. The van der Waals surface area contributed by atoms with E-state index < -0.39 is 0 Å². The smallest absolute Gasteiger partial charge is 0.194 e. The van der Waals surface area contributed by atoms with Gasteiger partial charge in [0.2, 0.25) is 0 Å². The number of rotatable bonds is 2. The Morgan fingerprint density at radius 2 is 2.00 bits per heavy atom. The minimum Gasteiger partial charge on any atom is -0.289 e. The minimum atomic E-state index is 0.100. The van der Waals surface area contributed by atoms with Crippen LogP contribution in [0.2, 0.25) is 0 Å². The maximum Gasteiger partial charge on any atom is 0.194 e. The highest BCUT2D eigenvalue weighted by atomic mass is 79.9. The number of hydrogen-bond donors (Lipinski definition) is 0. The quantitative estimate of drug-likeness (QED) is 0.752. The van der Waals surface area contributed by atoms with Gasteiger partial charge in [-0.3, -0.25) is 4.79 Å². The summed E-state index contributed by atoms with van der Waals surface area (Å²) in [6, 6.07) is 7.83. The van der Waals surface area contributed by atoms with Crippen molar-refractivity contribution >= 4 is 33.0 Å². The van der Waals surface area contributed by atoms with Crippen LogP contribution < -0.4 is 0 Å². The van der Waals surface area contributed by atoms with Crippen molar-refractivity contribution in [2.45, 2.75) is 13.8 Å². The van der Waals surface area contributed by atoms with Crippen LogP contribution in [0.3, 0.4) is 0 Å². The summed E-state index contributed by atoms with van der Waals surface area (Å²) in [5, 5.41) is 1.88. The lowest BCUT2D eigenvalue weighted by molar-refractivity contribution is 0.103. The van der Waals surface area contributed by atoms with E-state index in [0.29, 0.717) is 0 Å². The van der Waals surface area contributed by atoms with Crippen LogP contribution in [0.4, 0.5) is 0 Å². The van der Waals surface area contributed by atoms with Crippen molar-refractivity contribution in [2.75, 3.05) is 0 Å². The molecule has 0 aliphatic rings. The van der Waals surface area contributed by atoms with E-state index in [-0.39, 0.29) is 5.78 Å². The summed E-state index contributed by atoms with van der Waals surface area (Å²) in [5.41, 5.74) is 3.69. The molecule has 2 aromatic rings. The first-order valence-corrected chi connectivity index (χ1v) is 6.61. The van der Waals surface area contributed by atoms with Gasteiger partial charge in [-0.1, -0.05) is 17.7 Å².